The minimum Gasteiger partial charge on any atom is -0.204 e. The van der Waals surface area contributed by atoms with Gasteiger partial charge in [-0.05, 0) is 28.1 Å². The summed E-state index contributed by atoms with van der Waals surface area (Å²) in [5.74, 6) is -2.85. The van der Waals surface area contributed by atoms with Gasteiger partial charge in [-0.1, -0.05) is 0 Å². The van der Waals surface area contributed by atoms with E-state index in [4.69, 9.17) is 0 Å². The molecule has 0 bridgehead atoms. The average molecular weight is 261 g/mol. The standard InChI is InChI=1S/C7H2BrF5/c8-5-3(7(11,12)13)1-2-4(9)6(5)10/h1-2H. The van der Waals surface area contributed by atoms with Crippen LogP contribution >= 0.6 is 15.9 Å². The summed E-state index contributed by atoms with van der Waals surface area (Å²) in [6.07, 6.45) is -4.69. The van der Waals surface area contributed by atoms with Gasteiger partial charge in [0, 0.05) is 0 Å². The first kappa shape index (κ1) is 10.4. The number of alkyl halides is 3. The molecule has 1 aromatic carbocycles. The Balaban J connectivity index is 3.35. The van der Waals surface area contributed by atoms with Crippen LogP contribution < -0.4 is 0 Å². The highest BCUT2D eigenvalue weighted by Gasteiger charge is 2.34. The summed E-state index contributed by atoms with van der Waals surface area (Å²) in [7, 11) is 0. The highest BCUT2D eigenvalue weighted by Crippen LogP contribution is 2.36. The van der Waals surface area contributed by atoms with Crippen molar-refractivity contribution >= 4 is 15.9 Å². The van der Waals surface area contributed by atoms with Crippen LogP contribution in [-0.4, -0.2) is 0 Å². The SMILES string of the molecule is Fc1ccc(C(F)(F)F)c(Br)c1F. The summed E-state index contributed by atoms with van der Waals surface area (Å²) in [5.41, 5.74) is -1.23. The summed E-state index contributed by atoms with van der Waals surface area (Å²) in [4.78, 5) is 0. The lowest BCUT2D eigenvalue weighted by Crippen LogP contribution is -2.07. The zero-order valence-corrected chi connectivity index (χ0v) is 7.51. The molecule has 0 saturated heterocycles. The molecule has 0 aromatic heterocycles. The van der Waals surface area contributed by atoms with E-state index in [1.54, 1.807) is 0 Å². The molecule has 0 N–H and O–H groups in total. The molecule has 1 aromatic rings. The van der Waals surface area contributed by atoms with Crippen LogP contribution in [0, 0.1) is 11.6 Å². The van der Waals surface area contributed by atoms with Crippen molar-refractivity contribution in [2.45, 2.75) is 6.18 Å². The van der Waals surface area contributed by atoms with Gasteiger partial charge >= 0.3 is 6.18 Å². The van der Waals surface area contributed by atoms with Crippen LogP contribution in [0.25, 0.3) is 0 Å². The van der Waals surface area contributed by atoms with Gasteiger partial charge in [-0.25, -0.2) is 8.78 Å². The number of benzene rings is 1. The van der Waals surface area contributed by atoms with Crippen LogP contribution in [0.15, 0.2) is 16.6 Å². The first-order chi connectivity index (χ1) is 5.84. The first-order valence-corrected chi connectivity index (χ1v) is 3.84. The van der Waals surface area contributed by atoms with Crippen molar-refractivity contribution in [3.8, 4) is 0 Å². The molecule has 0 unspecified atom stereocenters. The number of rotatable bonds is 0. The maximum Gasteiger partial charge on any atom is 0.417 e. The van der Waals surface area contributed by atoms with E-state index in [1.807, 2.05) is 0 Å². The topological polar surface area (TPSA) is 0 Å². The van der Waals surface area contributed by atoms with Gasteiger partial charge in [0.25, 0.3) is 0 Å². The fraction of sp³-hybridized carbons (Fsp3) is 0.143. The molecular formula is C7H2BrF5. The summed E-state index contributed by atoms with van der Waals surface area (Å²) >= 11 is 2.33. The Morgan fingerprint density at radius 3 is 2.08 bits per heavy atom. The van der Waals surface area contributed by atoms with Crippen molar-refractivity contribution in [1.82, 2.24) is 0 Å². The lowest BCUT2D eigenvalue weighted by molar-refractivity contribution is -0.138. The van der Waals surface area contributed by atoms with Crippen LogP contribution in [0.5, 0.6) is 0 Å². The van der Waals surface area contributed by atoms with Crippen LogP contribution in [0.1, 0.15) is 5.56 Å². The van der Waals surface area contributed by atoms with Gasteiger partial charge in [0.05, 0.1) is 10.0 Å². The maximum absolute atomic E-state index is 12.6. The lowest BCUT2D eigenvalue weighted by Gasteiger charge is -2.09. The molecule has 72 valence electrons. The van der Waals surface area contributed by atoms with Crippen molar-refractivity contribution in [2.75, 3.05) is 0 Å². The monoisotopic (exact) mass is 260 g/mol. The minimum atomic E-state index is -4.69. The van der Waals surface area contributed by atoms with Gasteiger partial charge in [-0.2, -0.15) is 13.2 Å². The molecule has 0 nitrogen and oxygen atoms in total. The van der Waals surface area contributed by atoms with Gasteiger partial charge in [-0.3, -0.25) is 0 Å². The minimum absolute atomic E-state index is 0.433. The summed E-state index contributed by atoms with van der Waals surface area (Å²) < 4.78 is 60.2. The molecule has 0 amide bonds. The molecule has 0 saturated carbocycles. The Labute approximate surface area is 78.5 Å². The third-order valence-corrected chi connectivity index (χ3v) is 2.12. The van der Waals surface area contributed by atoms with Crippen molar-refractivity contribution in [1.29, 1.82) is 0 Å². The van der Waals surface area contributed by atoms with Crippen LogP contribution in [0.3, 0.4) is 0 Å². The zero-order valence-electron chi connectivity index (χ0n) is 5.92. The van der Waals surface area contributed by atoms with E-state index in [9.17, 15) is 22.0 Å². The second-order valence-corrected chi connectivity index (χ2v) is 3.01. The molecule has 13 heavy (non-hydrogen) atoms. The molecule has 0 fully saturated rings. The van der Waals surface area contributed by atoms with E-state index < -0.39 is 27.8 Å². The normalized spacial score (nSPS) is 11.8. The smallest absolute Gasteiger partial charge is 0.204 e. The molecule has 0 radical (unpaired) electrons. The van der Waals surface area contributed by atoms with Crippen molar-refractivity contribution in [2.24, 2.45) is 0 Å². The second kappa shape index (κ2) is 3.25. The van der Waals surface area contributed by atoms with Gasteiger partial charge in [0.2, 0.25) is 0 Å². The van der Waals surface area contributed by atoms with Crippen molar-refractivity contribution < 1.29 is 22.0 Å². The molecule has 0 aliphatic carbocycles. The molecule has 0 spiro atoms. The average Bonchev–Trinajstić information content (AvgIpc) is 1.98. The fourth-order valence-corrected chi connectivity index (χ4v) is 1.29. The molecule has 0 aliphatic rings. The van der Waals surface area contributed by atoms with Crippen LogP contribution in [-0.2, 0) is 6.18 Å². The number of halogens is 6. The van der Waals surface area contributed by atoms with E-state index in [-0.39, 0.29) is 0 Å². The highest BCUT2D eigenvalue weighted by molar-refractivity contribution is 9.10. The Bertz CT molecular complexity index is 330. The predicted molar refractivity (Wildman–Crippen MR) is 39.1 cm³/mol. The molecule has 0 atom stereocenters. The Kier molecular flexibility index (Phi) is 2.61. The quantitative estimate of drug-likeness (QED) is 0.493. The van der Waals surface area contributed by atoms with E-state index in [0.29, 0.717) is 12.1 Å². The zero-order chi connectivity index (χ0) is 10.2. The lowest BCUT2D eigenvalue weighted by atomic mass is 10.2. The van der Waals surface area contributed by atoms with Gasteiger partial charge in [-0.15, -0.1) is 0 Å². The molecule has 0 heterocycles. The Hall–Kier alpha value is -0.650. The largest absolute Gasteiger partial charge is 0.417 e. The molecular weight excluding hydrogens is 259 g/mol. The fourth-order valence-electron chi connectivity index (χ4n) is 0.745. The highest BCUT2D eigenvalue weighted by atomic mass is 79.9. The van der Waals surface area contributed by atoms with Gasteiger partial charge in [0.1, 0.15) is 0 Å². The van der Waals surface area contributed by atoms with E-state index in [2.05, 4.69) is 15.9 Å². The summed E-state index contributed by atoms with van der Waals surface area (Å²) in [6.45, 7) is 0. The van der Waals surface area contributed by atoms with E-state index >= 15 is 0 Å². The maximum atomic E-state index is 12.6. The summed E-state index contributed by atoms with van der Waals surface area (Å²) in [6, 6.07) is 0.908. The third kappa shape index (κ3) is 1.99. The summed E-state index contributed by atoms with van der Waals surface area (Å²) in [5, 5.41) is 0. The number of hydrogen-bond acceptors (Lipinski definition) is 0. The number of hydrogen-bond donors (Lipinski definition) is 0. The predicted octanol–water partition coefficient (Wildman–Crippen LogP) is 3.75. The van der Waals surface area contributed by atoms with Gasteiger partial charge < -0.3 is 0 Å². The second-order valence-electron chi connectivity index (χ2n) is 2.22. The molecule has 0 aliphatic heterocycles. The third-order valence-electron chi connectivity index (χ3n) is 1.34. The first-order valence-electron chi connectivity index (χ1n) is 3.04. The Morgan fingerprint density at radius 2 is 1.62 bits per heavy atom. The van der Waals surface area contributed by atoms with Crippen molar-refractivity contribution in [3.63, 3.8) is 0 Å². The van der Waals surface area contributed by atoms with Crippen molar-refractivity contribution in [3.05, 3.63) is 33.8 Å². The Morgan fingerprint density at radius 1 is 1.08 bits per heavy atom. The van der Waals surface area contributed by atoms with Crippen LogP contribution in [0.4, 0.5) is 22.0 Å². The molecule has 1 rings (SSSR count). The molecule has 6 heteroatoms. The van der Waals surface area contributed by atoms with E-state index in [1.165, 1.54) is 0 Å². The van der Waals surface area contributed by atoms with Crippen LogP contribution in [0.2, 0.25) is 0 Å². The van der Waals surface area contributed by atoms with E-state index in [0.717, 1.165) is 0 Å². The van der Waals surface area contributed by atoms with Gasteiger partial charge in [0.15, 0.2) is 11.6 Å².